The van der Waals surface area contributed by atoms with Gasteiger partial charge in [-0.15, -0.1) is 0 Å². The molecule has 0 atom stereocenters. The summed E-state index contributed by atoms with van der Waals surface area (Å²) in [5.41, 5.74) is -0.493. The number of aromatic nitrogens is 2. The lowest BCUT2D eigenvalue weighted by molar-refractivity contribution is -0.143. The van der Waals surface area contributed by atoms with Gasteiger partial charge in [-0.25, -0.2) is 0 Å². The van der Waals surface area contributed by atoms with Crippen LogP contribution in [0.2, 0.25) is 0 Å². The standard InChI is InChI=1S/C16H14N2O4/c1-2-22-13(19)9-18-14-11-6-4-3-5-10(11)7-8-12(14)17-15(20)16(18)21/h3-8H,2,9H2,1H3,(H,17,20). The number of rotatable bonds is 3. The van der Waals surface area contributed by atoms with E-state index in [4.69, 9.17) is 4.74 Å². The van der Waals surface area contributed by atoms with Gasteiger partial charge in [0.1, 0.15) is 6.54 Å². The molecule has 0 saturated carbocycles. The molecule has 2 aromatic carbocycles. The first kappa shape index (κ1) is 14.1. The second kappa shape index (κ2) is 5.48. The molecule has 0 saturated heterocycles. The molecule has 6 heteroatoms. The van der Waals surface area contributed by atoms with Crippen molar-refractivity contribution in [2.24, 2.45) is 0 Å². The van der Waals surface area contributed by atoms with Crippen LogP contribution in [-0.4, -0.2) is 22.1 Å². The highest BCUT2D eigenvalue weighted by atomic mass is 16.5. The van der Waals surface area contributed by atoms with E-state index in [0.29, 0.717) is 11.0 Å². The molecule has 0 radical (unpaired) electrons. The number of carbonyl (C=O) groups is 1. The Morgan fingerprint density at radius 3 is 2.73 bits per heavy atom. The topological polar surface area (TPSA) is 81.2 Å². The van der Waals surface area contributed by atoms with Crippen LogP contribution < -0.4 is 11.1 Å². The molecule has 0 aliphatic heterocycles. The first-order chi connectivity index (χ1) is 10.6. The van der Waals surface area contributed by atoms with E-state index >= 15 is 0 Å². The summed E-state index contributed by atoms with van der Waals surface area (Å²) in [7, 11) is 0. The van der Waals surface area contributed by atoms with Crippen LogP contribution in [-0.2, 0) is 16.1 Å². The highest BCUT2D eigenvalue weighted by Crippen LogP contribution is 2.22. The molecule has 3 rings (SSSR count). The van der Waals surface area contributed by atoms with Gasteiger partial charge in [-0.05, 0) is 18.4 Å². The summed E-state index contributed by atoms with van der Waals surface area (Å²) in [4.78, 5) is 38.3. The number of hydrogen-bond donors (Lipinski definition) is 1. The molecular formula is C16H14N2O4. The normalized spacial score (nSPS) is 11.0. The van der Waals surface area contributed by atoms with Gasteiger partial charge < -0.3 is 9.72 Å². The number of aromatic amines is 1. The Hall–Kier alpha value is -2.89. The molecule has 0 aliphatic rings. The first-order valence-corrected chi connectivity index (χ1v) is 6.92. The third-order valence-corrected chi connectivity index (χ3v) is 3.45. The monoisotopic (exact) mass is 298 g/mol. The van der Waals surface area contributed by atoms with E-state index in [0.717, 1.165) is 10.8 Å². The summed E-state index contributed by atoms with van der Waals surface area (Å²) >= 11 is 0. The maximum atomic E-state index is 12.2. The molecule has 22 heavy (non-hydrogen) atoms. The number of fused-ring (bicyclic) bond motifs is 3. The van der Waals surface area contributed by atoms with Crippen molar-refractivity contribution >= 4 is 27.8 Å². The van der Waals surface area contributed by atoms with Crippen LogP contribution in [0, 0.1) is 0 Å². The Morgan fingerprint density at radius 1 is 1.18 bits per heavy atom. The average molecular weight is 298 g/mol. The highest BCUT2D eigenvalue weighted by molar-refractivity contribution is 6.04. The lowest BCUT2D eigenvalue weighted by Crippen LogP contribution is -2.38. The Kier molecular flexibility index (Phi) is 3.50. The summed E-state index contributed by atoms with van der Waals surface area (Å²) in [6.45, 7) is 1.61. The summed E-state index contributed by atoms with van der Waals surface area (Å²) in [6.07, 6.45) is 0. The van der Waals surface area contributed by atoms with Crippen LogP contribution in [0.3, 0.4) is 0 Å². The smallest absolute Gasteiger partial charge is 0.326 e. The Balaban J connectivity index is 2.38. The fraction of sp³-hybridized carbons (Fsp3) is 0.188. The zero-order valence-corrected chi connectivity index (χ0v) is 12.0. The van der Waals surface area contributed by atoms with Crippen molar-refractivity contribution < 1.29 is 9.53 Å². The van der Waals surface area contributed by atoms with E-state index in [9.17, 15) is 14.4 Å². The van der Waals surface area contributed by atoms with Crippen molar-refractivity contribution in [3.8, 4) is 0 Å². The number of carbonyl (C=O) groups excluding carboxylic acids is 1. The number of esters is 1. The van der Waals surface area contributed by atoms with Crippen molar-refractivity contribution in [1.29, 1.82) is 0 Å². The second-order valence-corrected chi connectivity index (χ2v) is 4.83. The molecule has 1 aromatic heterocycles. The molecule has 0 unspecified atom stereocenters. The Morgan fingerprint density at radius 2 is 1.95 bits per heavy atom. The van der Waals surface area contributed by atoms with E-state index < -0.39 is 17.1 Å². The van der Waals surface area contributed by atoms with Gasteiger partial charge in [0.2, 0.25) is 0 Å². The van der Waals surface area contributed by atoms with Gasteiger partial charge in [0.15, 0.2) is 0 Å². The number of hydrogen-bond acceptors (Lipinski definition) is 4. The zero-order chi connectivity index (χ0) is 15.7. The number of nitrogens with one attached hydrogen (secondary N) is 1. The molecule has 0 fully saturated rings. The zero-order valence-electron chi connectivity index (χ0n) is 12.0. The van der Waals surface area contributed by atoms with Gasteiger partial charge in [-0.3, -0.25) is 19.0 Å². The first-order valence-electron chi connectivity index (χ1n) is 6.92. The fourth-order valence-electron chi connectivity index (χ4n) is 2.53. The van der Waals surface area contributed by atoms with Gasteiger partial charge in [0, 0.05) is 5.39 Å². The summed E-state index contributed by atoms with van der Waals surface area (Å²) in [5.74, 6) is -0.551. The molecule has 1 N–H and O–H groups in total. The fourth-order valence-corrected chi connectivity index (χ4v) is 2.53. The van der Waals surface area contributed by atoms with E-state index in [1.807, 2.05) is 30.3 Å². The summed E-state index contributed by atoms with van der Waals surface area (Å²) in [6, 6.07) is 11.0. The van der Waals surface area contributed by atoms with E-state index in [2.05, 4.69) is 4.98 Å². The molecule has 0 spiro atoms. The number of benzene rings is 2. The molecule has 3 aromatic rings. The molecule has 0 aliphatic carbocycles. The number of nitrogens with zero attached hydrogens (tertiary/aromatic N) is 1. The summed E-state index contributed by atoms with van der Waals surface area (Å²) < 4.78 is 6.07. The van der Waals surface area contributed by atoms with Crippen molar-refractivity contribution in [1.82, 2.24) is 9.55 Å². The van der Waals surface area contributed by atoms with Crippen molar-refractivity contribution in [3.63, 3.8) is 0 Å². The van der Waals surface area contributed by atoms with Crippen LogP contribution in [0.5, 0.6) is 0 Å². The van der Waals surface area contributed by atoms with Gasteiger partial charge in [-0.1, -0.05) is 30.3 Å². The largest absolute Gasteiger partial charge is 0.465 e. The predicted octanol–water partition coefficient (Wildman–Crippen LogP) is 1.41. The van der Waals surface area contributed by atoms with Gasteiger partial charge >= 0.3 is 17.1 Å². The van der Waals surface area contributed by atoms with Gasteiger partial charge in [0.25, 0.3) is 0 Å². The van der Waals surface area contributed by atoms with E-state index in [1.54, 1.807) is 13.0 Å². The molecule has 112 valence electrons. The van der Waals surface area contributed by atoms with Crippen LogP contribution in [0.25, 0.3) is 21.8 Å². The molecule has 6 nitrogen and oxygen atoms in total. The second-order valence-electron chi connectivity index (χ2n) is 4.83. The predicted molar refractivity (Wildman–Crippen MR) is 83.0 cm³/mol. The average Bonchev–Trinajstić information content (AvgIpc) is 2.51. The number of ether oxygens (including phenoxy) is 1. The van der Waals surface area contributed by atoms with E-state index in [1.165, 1.54) is 4.57 Å². The lowest BCUT2D eigenvalue weighted by atomic mass is 10.1. The minimum absolute atomic E-state index is 0.218. The third-order valence-electron chi connectivity index (χ3n) is 3.45. The van der Waals surface area contributed by atoms with Crippen molar-refractivity contribution in [3.05, 3.63) is 57.1 Å². The maximum Gasteiger partial charge on any atom is 0.326 e. The Labute approximate surface area is 125 Å². The van der Waals surface area contributed by atoms with Crippen LogP contribution in [0.4, 0.5) is 0 Å². The molecule has 0 amide bonds. The quantitative estimate of drug-likeness (QED) is 0.450. The van der Waals surface area contributed by atoms with Crippen LogP contribution in [0.1, 0.15) is 6.92 Å². The lowest BCUT2D eigenvalue weighted by Gasteiger charge is -2.11. The highest BCUT2D eigenvalue weighted by Gasteiger charge is 2.14. The van der Waals surface area contributed by atoms with Gasteiger partial charge in [-0.2, -0.15) is 0 Å². The molecule has 0 bridgehead atoms. The van der Waals surface area contributed by atoms with Crippen LogP contribution >= 0.6 is 0 Å². The van der Waals surface area contributed by atoms with Crippen molar-refractivity contribution in [2.45, 2.75) is 13.5 Å². The van der Waals surface area contributed by atoms with Crippen molar-refractivity contribution in [2.75, 3.05) is 6.61 Å². The number of H-pyrrole nitrogens is 1. The molecule has 1 heterocycles. The maximum absolute atomic E-state index is 12.2. The molecular weight excluding hydrogens is 284 g/mol. The van der Waals surface area contributed by atoms with Crippen LogP contribution in [0.15, 0.2) is 46.0 Å². The van der Waals surface area contributed by atoms with E-state index in [-0.39, 0.29) is 13.2 Å². The SMILES string of the molecule is CCOC(=O)Cn1c(=O)c(=O)[nH]c2ccc3ccccc3c21. The summed E-state index contributed by atoms with van der Waals surface area (Å²) in [5, 5.41) is 1.71. The van der Waals surface area contributed by atoms with Gasteiger partial charge in [0.05, 0.1) is 17.6 Å². The third kappa shape index (κ3) is 2.28. The minimum atomic E-state index is -0.767. The minimum Gasteiger partial charge on any atom is -0.465 e. The Bertz CT molecular complexity index is 985.